The second-order valence-electron chi connectivity index (χ2n) is 5.41. The van der Waals surface area contributed by atoms with E-state index in [1.54, 1.807) is 0 Å². The zero-order chi connectivity index (χ0) is 15.4. The van der Waals surface area contributed by atoms with Gasteiger partial charge in [-0.15, -0.1) is 0 Å². The third-order valence-corrected chi connectivity index (χ3v) is 3.66. The fourth-order valence-electron chi connectivity index (χ4n) is 2.37. The third-order valence-electron chi connectivity index (χ3n) is 3.66. The number of hydrogen-bond acceptors (Lipinski definition) is 2. The second-order valence-corrected chi connectivity index (χ2v) is 5.41. The highest BCUT2D eigenvalue weighted by Crippen LogP contribution is 2.22. The van der Waals surface area contributed by atoms with Crippen molar-refractivity contribution in [2.45, 2.75) is 13.8 Å². The summed E-state index contributed by atoms with van der Waals surface area (Å²) in [5.41, 5.74) is 2.66. The quantitative estimate of drug-likeness (QED) is 0.421. The van der Waals surface area contributed by atoms with Crippen molar-refractivity contribution in [3.05, 3.63) is 84.4 Å². The number of rotatable bonds is 0. The first-order valence-electron chi connectivity index (χ1n) is 7.34. The summed E-state index contributed by atoms with van der Waals surface area (Å²) in [7, 11) is 0. The molecule has 0 bridgehead atoms. The van der Waals surface area contributed by atoms with E-state index in [1.807, 2.05) is 36.9 Å². The SMILES string of the molecule is Cc1ccc(C)cc1.c1cc2ccc3ccncc3c2cn1. The largest absolute Gasteiger partial charge is 0.264 e. The van der Waals surface area contributed by atoms with Crippen molar-refractivity contribution in [3.8, 4) is 0 Å². The van der Waals surface area contributed by atoms with E-state index < -0.39 is 0 Å². The lowest BCUT2D eigenvalue weighted by molar-refractivity contribution is 1.35. The zero-order valence-corrected chi connectivity index (χ0v) is 12.8. The van der Waals surface area contributed by atoms with Crippen LogP contribution in [-0.2, 0) is 0 Å². The molecule has 0 fully saturated rings. The summed E-state index contributed by atoms with van der Waals surface area (Å²) in [5, 5.41) is 4.75. The van der Waals surface area contributed by atoms with Crippen LogP contribution in [0.4, 0.5) is 0 Å². The average molecular weight is 286 g/mol. The number of nitrogens with zero attached hydrogens (tertiary/aromatic N) is 2. The van der Waals surface area contributed by atoms with Gasteiger partial charge in [-0.05, 0) is 36.8 Å². The zero-order valence-electron chi connectivity index (χ0n) is 12.8. The van der Waals surface area contributed by atoms with E-state index in [0.717, 1.165) is 10.8 Å². The van der Waals surface area contributed by atoms with E-state index in [1.165, 1.54) is 21.9 Å². The van der Waals surface area contributed by atoms with Gasteiger partial charge >= 0.3 is 0 Å². The summed E-state index contributed by atoms with van der Waals surface area (Å²) < 4.78 is 0. The highest BCUT2D eigenvalue weighted by atomic mass is 14.6. The molecule has 0 spiro atoms. The van der Waals surface area contributed by atoms with Gasteiger partial charge in [0.1, 0.15) is 0 Å². The normalized spacial score (nSPS) is 10.3. The van der Waals surface area contributed by atoms with Gasteiger partial charge in [0.2, 0.25) is 0 Å². The van der Waals surface area contributed by atoms with Crippen molar-refractivity contribution in [1.82, 2.24) is 9.97 Å². The van der Waals surface area contributed by atoms with E-state index in [0.29, 0.717) is 0 Å². The van der Waals surface area contributed by atoms with E-state index in [2.05, 4.69) is 60.2 Å². The Hall–Kier alpha value is -2.74. The van der Waals surface area contributed by atoms with Crippen LogP contribution in [0.25, 0.3) is 21.5 Å². The van der Waals surface area contributed by atoms with Gasteiger partial charge in [-0.2, -0.15) is 0 Å². The minimum atomic E-state index is 1.16. The molecule has 0 unspecified atom stereocenters. The standard InChI is InChI=1S/C12H8N2.C8H10/c1-2-10-4-6-14-8-12(10)11-7-13-5-3-9(1)11;1-7-3-5-8(2)6-4-7/h1-8H;3-6H,1-2H3. The molecule has 0 amide bonds. The van der Waals surface area contributed by atoms with E-state index in [-0.39, 0.29) is 0 Å². The Balaban J connectivity index is 0.000000154. The first-order chi connectivity index (χ1) is 10.7. The Morgan fingerprint density at radius 3 is 1.36 bits per heavy atom. The summed E-state index contributed by atoms with van der Waals surface area (Å²) in [6.07, 6.45) is 7.40. The first-order valence-corrected chi connectivity index (χ1v) is 7.34. The predicted octanol–water partition coefficient (Wildman–Crippen LogP) is 5.09. The molecule has 108 valence electrons. The molecule has 0 atom stereocenters. The lowest BCUT2D eigenvalue weighted by atomic mass is 10.1. The van der Waals surface area contributed by atoms with Crippen LogP contribution in [0.1, 0.15) is 11.1 Å². The summed E-state index contributed by atoms with van der Waals surface area (Å²) in [6.45, 7) is 4.19. The molecule has 2 heterocycles. The Kier molecular flexibility index (Phi) is 4.10. The van der Waals surface area contributed by atoms with E-state index in [9.17, 15) is 0 Å². The molecule has 0 N–H and O–H groups in total. The van der Waals surface area contributed by atoms with Crippen molar-refractivity contribution < 1.29 is 0 Å². The fourth-order valence-corrected chi connectivity index (χ4v) is 2.37. The molecular weight excluding hydrogens is 268 g/mol. The molecule has 2 heteroatoms. The molecule has 4 aromatic rings. The third kappa shape index (κ3) is 3.12. The molecule has 2 aromatic heterocycles. The molecule has 4 rings (SSSR count). The van der Waals surface area contributed by atoms with Crippen molar-refractivity contribution in [1.29, 1.82) is 0 Å². The summed E-state index contributed by atoms with van der Waals surface area (Å²) >= 11 is 0. The lowest BCUT2D eigenvalue weighted by Gasteiger charge is -2.01. The highest BCUT2D eigenvalue weighted by molar-refractivity contribution is 6.06. The summed E-state index contributed by atoms with van der Waals surface area (Å²) in [6, 6.07) is 16.7. The minimum Gasteiger partial charge on any atom is -0.264 e. The molecule has 0 saturated heterocycles. The molecule has 2 nitrogen and oxygen atoms in total. The molecule has 0 radical (unpaired) electrons. The second kappa shape index (κ2) is 6.35. The molecule has 0 aliphatic heterocycles. The lowest BCUT2D eigenvalue weighted by Crippen LogP contribution is -1.79. The molecule has 0 aliphatic rings. The molecule has 22 heavy (non-hydrogen) atoms. The van der Waals surface area contributed by atoms with Gasteiger partial charge in [0.15, 0.2) is 0 Å². The van der Waals surface area contributed by atoms with Gasteiger partial charge in [0.05, 0.1) is 0 Å². The van der Waals surface area contributed by atoms with Crippen LogP contribution in [-0.4, -0.2) is 9.97 Å². The Bertz CT molecular complexity index is 820. The van der Waals surface area contributed by atoms with Gasteiger partial charge in [0.25, 0.3) is 0 Å². The number of hydrogen-bond donors (Lipinski definition) is 0. The number of aromatic nitrogens is 2. The summed E-state index contributed by atoms with van der Waals surface area (Å²) in [4.78, 5) is 8.27. The van der Waals surface area contributed by atoms with Crippen molar-refractivity contribution in [3.63, 3.8) is 0 Å². The van der Waals surface area contributed by atoms with E-state index >= 15 is 0 Å². The number of fused-ring (bicyclic) bond motifs is 3. The predicted molar refractivity (Wildman–Crippen MR) is 93.0 cm³/mol. The van der Waals surface area contributed by atoms with Crippen LogP contribution >= 0.6 is 0 Å². The summed E-state index contributed by atoms with van der Waals surface area (Å²) in [5.74, 6) is 0. The van der Waals surface area contributed by atoms with Crippen LogP contribution in [0.3, 0.4) is 0 Å². The topological polar surface area (TPSA) is 25.8 Å². The average Bonchev–Trinajstić information content (AvgIpc) is 2.58. The van der Waals surface area contributed by atoms with Gasteiger partial charge in [0, 0.05) is 35.6 Å². The number of pyridine rings is 2. The minimum absolute atomic E-state index is 1.16. The van der Waals surface area contributed by atoms with Gasteiger partial charge in [-0.1, -0.05) is 47.5 Å². The fraction of sp³-hybridized carbons (Fsp3) is 0.100. The maximum atomic E-state index is 4.14. The molecule has 0 aliphatic carbocycles. The Labute approximate surface area is 130 Å². The molecular formula is C20H18N2. The Morgan fingerprint density at radius 1 is 0.545 bits per heavy atom. The maximum absolute atomic E-state index is 4.14. The first kappa shape index (κ1) is 14.2. The Morgan fingerprint density at radius 2 is 0.955 bits per heavy atom. The number of aryl methyl sites for hydroxylation is 2. The van der Waals surface area contributed by atoms with Crippen molar-refractivity contribution in [2.75, 3.05) is 0 Å². The number of benzene rings is 2. The van der Waals surface area contributed by atoms with Crippen molar-refractivity contribution >= 4 is 21.5 Å². The monoisotopic (exact) mass is 286 g/mol. The van der Waals surface area contributed by atoms with Crippen LogP contribution < -0.4 is 0 Å². The van der Waals surface area contributed by atoms with Crippen LogP contribution in [0.5, 0.6) is 0 Å². The smallest absolute Gasteiger partial charge is 0.0353 e. The highest BCUT2D eigenvalue weighted by Gasteiger charge is 1.98. The van der Waals surface area contributed by atoms with Crippen LogP contribution in [0, 0.1) is 13.8 Å². The van der Waals surface area contributed by atoms with Crippen LogP contribution in [0.2, 0.25) is 0 Å². The van der Waals surface area contributed by atoms with Gasteiger partial charge < -0.3 is 0 Å². The van der Waals surface area contributed by atoms with E-state index in [4.69, 9.17) is 0 Å². The molecule has 0 saturated carbocycles. The van der Waals surface area contributed by atoms with Gasteiger partial charge in [-0.25, -0.2) is 0 Å². The maximum Gasteiger partial charge on any atom is 0.0353 e. The van der Waals surface area contributed by atoms with Gasteiger partial charge in [-0.3, -0.25) is 9.97 Å². The van der Waals surface area contributed by atoms with Crippen LogP contribution in [0.15, 0.2) is 73.3 Å². The molecule has 2 aromatic carbocycles. The van der Waals surface area contributed by atoms with Crippen molar-refractivity contribution in [2.24, 2.45) is 0 Å².